The van der Waals surface area contributed by atoms with E-state index < -0.39 is 0 Å². The van der Waals surface area contributed by atoms with Crippen molar-refractivity contribution in [1.29, 1.82) is 0 Å². The molecule has 0 radical (unpaired) electrons. The fourth-order valence-electron chi connectivity index (χ4n) is 1.45. The van der Waals surface area contributed by atoms with Gasteiger partial charge in [-0.25, -0.2) is 9.97 Å². The van der Waals surface area contributed by atoms with Gasteiger partial charge in [-0.3, -0.25) is 0 Å². The molecule has 0 atom stereocenters. The first-order chi connectivity index (χ1) is 9.10. The van der Waals surface area contributed by atoms with Crippen LogP contribution in [0.1, 0.15) is 5.69 Å². The van der Waals surface area contributed by atoms with Gasteiger partial charge in [-0.1, -0.05) is 28.1 Å². The summed E-state index contributed by atoms with van der Waals surface area (Å²) in [6, 6.07) is 7.25. The second kappa shape index (κ2) is 5.94. The van der Waals surface area contributed by atoms with Crippen molar-refractivity contribution in [2.24, 2.45) is 5.73 Å². The van der Waals surface area contributed by atoms with E-state index in [0.29, 0.717) is 17.4 Å². The van der Waals surface area contributed by atoms with Gasteiger partial charge in [0.2, 0.25) is 5.95 Å². The number of nitrogens with one attached hydrogen (secondary N) is 1. The molecule has 5 nitrogen and oxygen atoms in total. The van der Waals surface area contributed by atoms with Gasteiger partial charge in [0.25, 0.3) is 0 Å². The Balaban J connectivity index is 2.33. The fourth-order valence-corrected chi connectivity index (χ4v) is 1.93. The van der Waals surface area contributed by atoms with Crippen molar-refractivity contribution in [1.82, 2.24) is 9.97 Å². The maximum Gasteiger partial charge on any atom is 0.227 e. The lowest BCUT2D eigenvalue weighted by Crippen LogP contribution is -2.12. The van der Waals surface area contributed by atoms with Crippen molar-refractivity contribution in [3.8, 4) is 5.75 Å². The third-order valence-electron chi connectivity index (χ3n) is 2.32. The van der Waals surface area contributed by atoms with E-state index in [9.17, 15) is 0 Å². The predicted molar refractivity (Wildman–Crippen MR) is 81.9 cm³/mol. The Bertz CT molecular complexity index is 620. The highest BCUT2D eigenvalue weighted by atomic mass is 79.9. The Kier molecular flexibility index (Phi) is 4.28. The summed E-state index contributed by atoms with van der Waals surface area (Å²) < 4.78 is 6.18. The highest BCUT2D eigenvalue weighted by Gasteiger charge is 2.07. The number of ether oxygens (including phenoxy) is 1. The molecule has 98 valence electrons. The van der Waals surface area contributed by atoms with Crippen molar-refractivity contribution in [3.05, 3.63) is 40.6 Å². The van der Waals surface area contributed by atoms with Crippen LogP contribution >= 0.6 is 28.1 Å². The van der Waals surface area contributed by atoms with Crippen LogP contribution in [0.4, 0.5) is 11.6 Å². The van der Waals surface area contributed by atoms with Crippen molar-refractivity contribution < 1.29 is 4.74 Å². The summed E-state index contributed by atoms with van der Waals surface area (Å²) in [5.74, 6) is 1.09. The van der Waals surface area contributed by atoms with Crippen LogP contribution in [0.3, 0.4) is 0 Å². The molecule has 0 aliphatic heterocycles. The number of hydrogen-bond donors (Lipinski definition) is 2. The van der Waals surface area contributed by atoms with Crippen LogP contribution in [0, 0.1) is 0 Å². The number of hydrogen-bond acceptors (Lipinski definition) is 5. The molecule has 1 aromatic heterocycles. The lowest BCUT2D eigenvalue weighted by atomic mass is 10.3. The summed E-state index contributed by atoms with van der Waals surface area (Å²) >= 11 is 8.28. The van der Waals surface area contributed by atoms with Gasteiger partial charge in [0.15, 0.2) is 0 Å². The van der Waals surface area contributed by atoms with Gasteiger partial charge in [0, 0.05) is 10.7 Å². The summed E-state index contributed by atoms with van der Waals surface area (Å²) in [6.07, 6.45) is 1.59. The minimum absolute atomic E-state index is 0.228. The maximum absolute atomic E-state index is 5.54. The average Bonchev–Trinajstić information content (AvgIpc) is 2.39. The minimum atomic E-state index is 0.228. The van der Waals surface area contributed by atoms with E-state index in [0.717, 1.165) is 10.2 Å². The number of nitrogens with zero attached hydrogens (tertiary/aromatic N) is 2. The van der Waals surface area contributed by atoms with E-state index in [-0.39, 0.29) is 4.99 Å². The standard InChI is InChI=1S/C12H11BrN4OS/c1-18-10-3-2-7(13)6-9(10)17-12-15-5-4-8(16-12)11(14)19/h2-6H,1H3,(H2,14,19)(H,15,16,17). The molecule has 7 heteroatoms. The predicted octanol–water partition coefficient (Wildman–Crippen LogP) is 2.63. The Labute approximate surface area is 124 Å². The Morgan fingerprint density at radius 1 is 1.42 bits per heavy atom. The zero-order valence-corrected chi connectivity index (χ0v) is 12.5. The summed E-state index contributed by atoms with van der Waals surface area (Å²) in [5.41, 5.74) is 6.80. The largest absolute Gasteiger partial charge is 0.495 e. The Hall–Kier alpha value is -1.73. The summed E-state index contributed by atoms with van der Waals surface area (Å²) in [4.78, 5) is 8.56. The molecule has 0 saturated carbocycles. The average molecular weight is 339 g/mol. The van der Waals surface area contributed by atoms with Crippen molar-refractivity contribution in [2.45, 2.75) is 0 Å². The number of rotatable bonds is 4. The van der Waals surface area contributed by atoms with Gasteiger partial charge in [0.1, 0.15) is 16.4 Å². The van der Waals surface area contributed by atoms with Crippen LogP contribution in [0.5, 0.6) is 5.75 Å². The minimum Gasteiger partial charge on any atom is -0.495 e. The zero-order valence-electron chi connectivity index (χ0n) is 10.1. The molecule has 1 heterocycles. The number of aromatic nitrogens is 2. The quantitative estimate of drug-likeness (QED) is 0.835. The van der Waals surface area contributed by atoms with Gasteiger partial charge >= 0.3 is 0 Å². The van der Waals surface area contributed by atoms with E-state index >= 15 is 0 Å². The number of methoxy groups -OCH3 is 1. The first-order valence-electron chi connectivity index (χ1n) is 5.33. The SMILES string of the molecule is COc1ccc(Br)cc1Nc1nccc(C(N)=S)n1. The van der Waals surface area contributed by atoms with Crippen molar-refractivity contribution in [3.63, 3.8) is 0 Å². The maximum atomic E-state index is 5.54. The van der Waals surface area contributed by atoms with E-state index in [2.05, 4.69) is 31.2 Å². The topological polar surface area (TPSA) is 73.1 Å². The van der Waals surface area contributed by atoms with E-state index in [1.54, 1.807) is 19.4 Å². The van der Waals surface area contributed by atoms with Crippen LogP contribution < -0.4 is 15.8 Å². The molecule has 2 rings (SSSR count). The smallest absolute Gasteiger partial charge is 0.227 e. The van der Waals surface area contributed by atoms with E-state index in [1.807, 2.05) is 18.2 Å². The summed E-state index contributed by atoms with van der Waals surface area (Å²) in [5, 5.41) is 3.07. The Morgan fingerprint density at radius 2 is 2.21 bits per heavy atom. The first kappa shape index (κ1) is 13.7. The number of halogens is 1. The fraction of sp³-hybridized carbons (Fsp3) is 0.0833. The molecule has 0 bridgehead atoms. The van der Waals surface area contributed by atoms with E-state index in [4.69, 9.17) is 22.7 Å². The number of nitrogens with two attached hydrogens (primary N) is 1. The third kappa shape index (κ3) is 3.39. The van der Waals surface area contributed by atoms with Crippen molar-refractivity contribution in [2.75, 3.05) is 12.4 Å². The second-order valence-electron chi connectivity index (χ2n) is 3.60. The molecule has 0 amide bonds. The lowest BCUT2D eigenvalue weighted by molar-refractivity contribution is 0.416. The van der Waals surface area contributed by atoms with Crippen molar-refractivity contribution >= 4 is 44.8 Å². The molecule has 0 aliphatic carbocycles. The molecule has 0 spiro atoms. The molecule has 0 saturated heterocycles. The van der Waals surface area contributed by atoms with Crippen LogP contribution in [-0.4, -0.2) is 22.1 Å². The number of anilines is 2. The summed E-state index contributed by atoms with van der Waals surface area (Å²) in [7, 11) is 1.60. The summed E-state index contributed by atoms with van der Waals surface area (Å²) in [6.45, 7) is 0. The lowest BCUT2D eigenvalue weighted by Gasteiger charge is -2.10. The second-order valence-corrected chi connectivity index (χ2v) is 4.95. The van der Waals surface area contributed by atoms with Gasteiger partial charge in [-0.15, -0.1) is 0 Å². The third-order valence-corrected chi connectivity index (χ3v) is 3.02. The van der Waals surface area contributed by atoms with Crippen LogP contribution in [0.25, 0.3) is 0 Å². The van der Waals surface area contributed by atoms with Gasteiger partial charge in [0.05, 0.1) is 12.8 Å². The molecule has 19 heavy (non-hydrogen) atoms. The highest BCUT2D eigenvalue weighted by molar-refractivity contribution is 9.10. The molecule has 0 fully saturated rings. The molecule has 3 N–H and O–H groups in total. The van der Waals surface area contributed by atoms with E-state index in [1.165, 1.54) is 0 Å². The first-order valence-corrected chi connectivity index (χ1v) is 6.53. The molecule has 0 unspecified atom stereocenters. The molecule has 1 aromatic carbocycles. The van der Waals surface area contributed by atoms with Gasteiger partial charge in [-0.05, 0) is 24.3 Å². The van der Waals surface area contributed by atoms with Crippen LogP contribution in [0.2, 0.25) is 0 Å². The van der Waals surface area contributed by atoms with Crippen LogP contribution in [-0.2, 0) is 0 Å². The molecule has 0 aliphatic rings. The molecular weight excluding hydrogens is 328 g/mol. The highest BCUT2D eigenvalue weighted by Crippen LogP contribution is 2.29. The van der Waals surface area contributed by atoms with Crippen LogP contribution in [0.15, 0.2) is 34.9 Å². The monoisotopic (exact) mass is 338 g/mol. The molecule has 2 aromatic rings. The normalized spacial score (nSPS) is 10.0. The zero-order chi connectivity index (χ0) is 13.8. The number of thiocarbonyl (C=S) groups is 1. The molecular formula is C12H11BrN4OS. The van der Waals surface area contributed by atoms with Gasteiger partial charge in [-0.2, -0.15) is 0 Å². The number of benzene rings is 1. The Morgan fingerprint density at radius 3 is 2.89 bits per heavy atom. The van der Waals surface area contributed by atoms with Gasteiger partial charge < -0.3 is 15.8 Å².